The molecule has 119 valence electrons. The zero-order chi connectivity index (χ0) is 15.8. The van der Waals surface area contributed by atoms with Crippen molar-refractivity contribution < 1.29 is 17.9 Å². The van der Waals surface area contributed by atoms with Crippen molar-refractivity contribution in [3.05, 3.63) is 28.7 Å². The molecule has 2 aliphatic heterocycles. The van der Waals surface area contributed by atoms with Crippen molar-refractivity contribution in [2.75, 3.05) is 26.2 Å². The lowest BCUT2D eigenvalue weighted by molar-refractivity contribution is -0.149. The number of hydrogen-bond donors (Lipinski definition) is 0. The lowest BCUT2D eigenvalue weighted by atomic mass is 9.91. The van der Waals surface area contributed by atoms with Gasteiger partial charge in [-0.3, -0.25) is 4.79 Å². The number of hydrogen-bond acceptors (Lipinski definition) is 4. The van der Waals surface area contributed by atoms with Crippen molar-refractivity contribution in [1.29, 1.82) is 0 Å². The molecule has 0 atom stereocenters. The lowest BCUT2D eigenvalue weighted by Gasteiger charge is -2.42. The number of morpholine rings is 1. The molecule has 8 heteroatoms. The van der Waals surface area contributed by atoms with E-state index in [1.807, 2.05) is 0 Å². The number of piperidine rings is 1. The van der Waals surface area contributed by atoms with E-state index < -0.39 is 15.6 Å². The van der Waals surface area contributed by atoms with Gasteiger partial charge in [-0.1, -0.05) is 15.9 Å². The Hall–Kier alpha value is -0.960. The summed E-state index contributed by atoms with van der Waals surface area (Å²) >= 11 is 3.30. The van der Waals surface area contributed by atoms with Crippen LogP contribution in [0.2, 0.25) is 0 Å². The topological polar surface area (TPSA) is 77.8 Å². The van der Waals surface area contributed by atoms with E-state index in [4.69, 9.17) is 4.74 Å². The first kappa shape index (κ1) is 15.9. The summed E-state index contributed by atoms with van der Waals surface area (Å²) in [6.45, 7) is 1.09. The van der Waals surface area contributed by atoms with Gasteiger partial charge in [-0.2, -0.15) is 4.31 Å². The van der Waals surface area contributed by atoms with Crippen molar-refractivity contribution in [2.45, 2.75) is 23.3 Å². The van der Waals surface area contributed by atoms with E-state index in [2.05, 4.69) is 21.2 Å². The maximum atomic E-state index is 12.6. The van der Waals surface area contributed by atoms with Crippen LogP contribution in [0.3, 0.4) is 0 Å². The average Bonchev–Trinajstić information content (AvgIpc) is 2.51. The van der Waals surface area contributed by atoms with Gasteiger partial charge >= 0.3 is 0 Å². The fourth-order valence-electron chi connectivity index (χ4n) is 2.73. The van der Waals surface area contributed by atoms with Crippen molar-refractivity contribution in [3.8, 4) is 0 Å². The highest BCUT2D eigenvalue weighted by atomic mass is 79.9. The minimum atomic E-state index is -3.49. The SMILES string of the molecule is O=C1COC2(CCN(S(=O)(=O)c3ccc(Br)cc3)CC2)C[N]1. The van der Waals surface area contributed by atoms with Crippen LogP contribution in [0.25, 0.3) is 0 Å². The van der Waals surface area contributed by atoms with Gasteiger partial charge in [0.1, 0.15) is 6.61 Å². The monoisotopic (exact) mass is 387 g/mol. The molecular weight excluding hydrogens is 372 g/mol. The molecule has 1 radical (unpaired) electrons. The summed E-state index contributed by atoms with van der Waals surface area (Å²) in [5, 5.41) is 3.92. The molecule has 1 amide bonds. The predicted octanol–water partition coefficient (Wildman–Crippen LogP) is 1.13. The van der Waals surface area contributed by atoms with Gasteiger partial charge in [0, 0.05) is 17.6 Å². The number of halogens is 1. The van der Waals surface area contributed by atoms with Gasteiger partial charge in [-0.05, 0) is 37.1 Å². The summed E-state index contributed by atoms with van der Waals surface area (Å²) in [5.74, 6) is -0.240. The van der Waals surface area contributed by atoms with E-state index in [0.717, 1.165) is 4.47 Å². The second-order valence-corrected chi connectivity index (χ2v) is 8.39. The second-order valence-electron chi connectivity index (χ2n) is 5.54. The molecule has 22 heavy (non-hydrogen) atoms. The minimum absolute atomic E-state index is 0.000534. The third-order valence-electron chi connectivity index (χ3n) is 4.13. The van der Waals surface area contributed by atoms with Crippen LogP contribution in [-0.4, -0.2) is 50.5 Å². The van der Waals surface area contributed by atoms with Crippen LogP contribution >= 0.6 is 15.9 Å². The van der Waals surface area contributed by atoms with Gasteiger partial charge in [0.25, 0.3) is 5.91 Å². The zero-order valence-corrected chi connectivity index (χ0v) is 14.3. The lowest BCUT2D eigenvalue weighted by Crippen LogP contribution is -2.55. The number of benzene rings is 1. The number of carbonyl (C=O) groups excluding carboxylic acids is 1. The van der Waals surface area contributed by atoms with Gasteiger partial charge in [-0.15, -0.1) is 0 Å². The molecule has 1 aromatic carbocycles. The first-order chi connectivity index (χ1) is 10.4. The Morgan fingerprint density at radius 1 is 1.18 bits per heavy atom. The molecule has 0 aliphatic carbocycles. The van der Waals surface area contributed by atoms with E-state index in [9.17, 15) is 13.2 Å². The van der Waals surface area contributed by atoms with Crippen LogP contribution < -0.4 is 5.32 Å². The molecule has 1 spiro atoms. The first-order valence-electron chi connectivity index (χ1n) is 7.01. The Kier molecular flexibility index (Phi) is 4.28. The Balaban J connectivity index is 1.70. The minimum Gasteiger partial charge on any atom is -0.363 e. The van der Waals surface area contributed by atoms with Crippen LogP contribution in [0.15, 0.2) is 33.6 Å². The Bertz CT molecular complexity index is 655. The van der Waals surface area contributed by atoms with Gasteiger partial charge in [0.2, 0.25) is 10.0 Å². The standard InChI is InChI=1S/C14H16BrN2O4S/c15-11-1-3-12(4-2-11)22(19,20)17-7-5-14(6-8-17)10-16-13(18)9-21-14/h1-4H,5-10H2. The molecule has 0 unspecified atom stereocenters. The second kappa shape index (κ2) is 5.92. The summed E-state index contributed by atoms with van der Waals surface area (Å²) in [6.07, 6.45) is 1.11. The van der Waals surface area contributed by atoms with Crippen LogP contribution in [0.5, 0.6) is 0 Å². The van der Waals surface area contributed by atoms with Crippen molar-refractivity contribution in [1.82, 2.24) is 9.62 Å². The van der Waals surface area contributed by atoms with Gasteiger partial charge in [-0.25, -0.2) is 13.7 Å². The molecule has 0 aromatic heterocycles. The highest BCUT2D eigenvalue weighted by Crippen LogP contribution is 2.31. The molecule has 1 aromatic rings. The molecule has 2 aliphatic rings. The summed E-state index contributed by atoms with van der Waals surface area (Å²) in [5.41, 5.74) is -0.473. The molecule has 0 bridgehead atoms. The molecule has 0 N–H and O–H groups in total. The molecular formula is C14H16BrN2O4S. The average molecular weight is 388 g/mol. The molecule has 2 heterocycles. The van der Waals surface area contributed by atoms with Crippen LogP contribution in [0, 0.1) is 0 Å². The predicted molar refractivity (Wildman–Crippen MR) is 82.8 cm³/mol. The van der Waals surface area contributed by atoms with Crippen molar-refractivity contribution >= 4 is 31.9 Å². The van der Waals surface area contributed by atoms with Gasteiger partial charge < -0.3 is 4.74 Å². The quantitative estimate of drug-likeness (QED) is 0.761. The molecule has 2 saturated heterocycles. The number of sulfonamides is 1. The highest BCUT2D eigenvalue weighted by Gasteiger charge is 2.42. The third-order valence-corrected chi connectivity index (χ3v) is 6.57. The summed E-state index contributed by atoms with van der Waals surface area (Å²) in [7, 11) is -3.49. The van der Waals surface area contributed by atoms with Gasteiger partial charge in [0.15, 0.2) is 0 Å². The van der Waals surface area contributed by atoms with E-state index in [1.54, 1.807) is 24.3 Å². The number of ether oxygens (including phenoxy) is 1. The summed E-state index contributed by atoms with van der Waals surface area (Å²) < 4.78 is 33.2. The highest BCUT2D eigenvalue weighted by molar-refractivity contribution is 9.10. The summed E-state index contributed by atoms with van der Waals surface area (Å²) in [6, 6.07) is 6.61. The number of rotatable bonds is 2. The smallest absolute Gasteiger partial charge is 0.267 e. The number of carbonyl (C=O) groups is 1. The fourth-order valence-corrected chi connectivity index (χ4v) is 4.44. The van der Waals surface area contributed by atoms with Gasteiger partial charge in [0.05, 0.1) is 17.0 Å². The number of amides is 1. The van der Waals surface area contributed by atoms with Crippen LogP contribution in [-0.2, 0) is 19.6 Å². The first-order valence-corrected chi connectivity index (χ1v) is 9.25. The maximum absolute atomic E-state index is 12.6. The Morgan fingerprint density at radius 3 is 2.36 bits per heavy atom. The molecule has 2 fully saturated rings. The van der Waals surface area contributed by atoms with E-state index in [0.29, 0.717) is 32.5 Å². The van der Waals surface area contributed by atoms with Crippen molar-refractivity contribution in [3.63, 3.8) is 0 Å². The Labute approximate surface area is 138 Å². The van der Waals surface area contributed by atoms with Crippen molar-refractivity contribution in [2.24, 2.45) is 0 Å². The Morgan fingerprint density at radius 2 is 1.82 bits per heavy atom. The van der Waals surface area contributed by atoms with E-state index in [-0.39, 0.29) is 17.4 Å². The third kappa shape index (κ3) is 3.05. The van der Waals surface area contributed by atoms with E-state index in [1.165, 1.54) is 4.31 Å². The van der Waals surface area contributed by atoms with E-state index >= 15 is 0 Å². The normalized spacial score (nSPS) is 22.5. The van der Waals surface area contributed by atoms with Crippen LogP contribution in [0.1, 0.15) is 12.8 Å². The maximum Gasteiger partial charge on any atom is 0.267 e. The summed E-state index contributed by atoms with van der Waals surface area (Å²) in [4.78, 5) is 11.4. The fraction of sp³-hybridized carbons (Fsp3) is 0.500. The molecule has 0 saturated carbocycles. The zero-order valence-electron chi connectivity index (χ0n) is 11.9. The molecule has 6 nitrogen and oxygen atoms in total. The largest absolute Gasteiger partial charge is 0.363 e. The number of nitrogens with zero attached hydrogens (tertiary/aromatic N) is 2. The molecule has 3 rings (SSSR count). The van der Waals surface area contributed by atoms with Crippen LogP contribution in [0.4, 0.5) is 0 Å².